The Morgan fingerprint density at radius 1 is 1.06 bits per heavy atom. The molecular formula is C12H7BrN2O. The first kappa shape index (κ1) is 9.54. The van der Waals surface area contributed by atoms with Crippen molar-refractivity contribution in [2.45, 2.75) is 0 Å². The second-order valence-electron chi connectivity index (χ2n) is 3.44. The Balaban J connectivity index is 2.38. The van der Waals surface area contributed by atoms with Crippen molar-refractivity contribution in [3.8, 4) is 11.1 Å². The number of pyridine rings is 1. The third kappa shape index (κ3) is 1.42. The lowest BCUT2D eigenvalue weighted by molar-refractivity contribution is 0.420. The predicted molar refractivity (Wildman–Crippen MR) is 64.9 cm³/mol. The van der Waals surface area contributed by atoms with Crippen molar-refractivity contribution in [1.29, 1.82) is 0 Å². The van der Waals surface area contributed by atoms with Crippen LogP contribution in [0.1, 0.15) is 0 Å². The van der Waals surface area contributed by atoms with Gasteiger partial charge in [-0.25, -0.2) is 0 Å². The highest BCUT2D eigenvalue weighted by molar-refractivity contribution is 9.10. The van der Waals surface area contributed by atoms with Crippen molar-refractivity contribution in [2.75, 3.05) is 0 Å². The molecular weight excluding hydrogens is 268 g/mol. The smallest absolute Gasteiger partial charge is 0.131 e. The minimum atomic E-state index is 0.941. The molecule has 0 aliphatic heterocycles. The molecule has 0 saturated heterocycles. The van der Waals surface area contributed by atoms with Crippen LogP contribution in [0.4, 0.5) is 0 Å². The van der Waals surface area contributed by atoms with E-state index in [0.717, 1.165) is 26.4 Å². The van der Waals surface area contributed by atoms with Crippen molar-refractivity contribution in [3.63, 3.8) is 0 Å². The summed E-state index contributed by atoms with van der Waals surface area (Å²) in [7, 11) is 0. The fraction of sp³-hybridized carbons (Fsp3) is 0. The molecule has 2 aromatic heterocycles. The summed E-state index contributed by atoms with van der Waals surface area (Å²) in [5.41, 5.74) is 1.97. The van der Waals surface area contributed by atoms with E-state index in [-0.39, 0.29) is 0 Å². The van der Waals surface area contributed by atoms with Gasteiger partial charge >= 0.3 is 0 Å². The Morgan fingerprint density at radius 2 is 2.00 bits per heavy atom. The number of halogens is 1. The molecule has 3 rings (SSSR count). The van der Waals surface area contributed by atoms with Gasteiger partial charge in [-0.15, -0.1) is 0 Å². The maximum absolute atomic E-state index is 4.86. The van der Waals surface area contributed by atoms with Gasteiger partial charge in [0.2, 0.25) is 0 Å². The summed E-state index contributed by atoms with van der Waals surface area (Å²) in [5, 5.41) is 5.93. The summed E-state index contributed by atoms with van der Waals surface area (Å²) >= 11 is 3.52. The summed E-state index contributed by atoms with van der Waals surface area (Å²) in [6, 6.07) is 6.06. The second kappa shape index (κ2) is 3.72. The van der Waals surface area contributed by atoms with Crippen LogP contribution in [-0.4, -0.2) is 10.1 Å². The molecule has 2 heterocycles. The minimum absolute atomic E-state index is 0.941. The molecule has 3 aromatic rings. The van der Waals surface area contributed by atoms with Crippen molar-refractivity contribution in [3.05, 3.63) is 47.5 Å². The first-order valence-electron chi connectivity index (χ1n) is 4.78. The van der Waals surface area contributed by atoms with Crippen LogP contribution in [0.15, 0.2) is 52.0 Å². The summed E-state index contributed by atoms with van der Waals surface area (Å²) in [6.07, 6.45) is 6.98. The van der Waals surface area contributed by atoms with E-state index in [1.54, 1.807) is 12.5 Å². The molecule has 0 spiro atoms. The highest BCUT2D eigenvalue weighted by atomic mass is 79.9. The zero-order chi connectivity index (χ0) is 11.0. The fourth-order valence-electron chi connectivity index (χ4n) is 1.73. The van der Waals surface area contributed by atoms with Gasteiger partial charge in [-0.3, -0.25) is 4.98 Å². The SMILES string of the molecule is Brc1cccc2c(-c3cnoc3)cncc12. The van der Waals surface area contributed by atoms with Crippen molar-refractivity contribution in [1.82, 2.24) is 10.1 Å². The molecule has 4 heteroatoms. The number of rotatable bonds is 1. The maximum Gasteiger partial charge on any atom is 0.131 e. The molecule has 0 fully saturated rings. The number of hydrogen-bond donors (Lipinski definition) is 0. The van der Waals surface area contributed by atoms with E-state index in [9.17, 15) is 0 Å². The third-order valence-electron chi connectivity index (χ3n) is 2.49. The van der Waals surface area contributed by atoms with Gasteiger partial charge in [0, 0.05) is 33.4 Å². The lowest BCUT2D eigenvalue weighted by Crippen LogP contribution is -1.82. The molecule has 16 heavy (non-hydrogen) atoms. The van der Waals surface area contributed by atoms with Crippen LogP contribution in [0.3, 0.4) is 0 Å². The summed E-state index contributed by atoms with van der Waals surface area (Å²) in [4.78, 5) is 4.23. The molecule has 3 nitrogen and oxygen atoms in total. The number of benzene rings is 1. The van der Waals surface area contributed by atoms with Crippen molar-refractivity contribution in [2.24, 2.45) is 0 Å². The number of aromatic nitrogens is 2. The van der Waals surface area contributed by atoms with E-state index in [1.165, 1.54) is 0 Å². The molecule has 1 aromatic carbocycles. The Labute approximate surface area is 100 Å². The number of fused-ring (bicyclic) bond motifs is 1. The quantitative estimate of drug-likeness (QED) is 0.680. The van der Waals surface area contributed by atoms with E-state index >= 15 is 0 Å². The Bertz CT molecular complexity index is 635. The van der Waals surface area contributed by atoms with Crippen LogP contribution < -0.4 is 0 Å². The van der Waals surface area contributed by atoms with Crippen LogP contribution in [-0.2, 0) is 0 Å². The Hall–Kier alpha value is -1.68. The van der Waals surface area contributed by atoms with Crippen LogP contribution in [0.25, 0.3) is 21.9 Å². The molecule has 0 N–H and O–H groups in total. The normalized spacial score (nSPS) is 10.8. The molecule has 0 aliphatic rings. The zero-order valence-corrected chi connectivity index (χ0v) is 9.81. The van der Waals surface area contributed by atoms with Crippen LogP contribution in [0, 0.1) is 0 Å². The monoisotopic (exact) mass is 274 g/mol. The van der Waals surface area contributed by atoms with Gasteiger partial charge in [0.1, 0.15) is 6.26 Å². The molecule has 0 saturated carbocycles. The topological polar surface area (TPSA) is 38.9 Å². The van der Waals surface area contributed by atoms with Crippen LogP contribution >= 0.6 is 15.9 Å². The van der Waals surface area contributed by atoms with Gasteiger partial charge in [-0.1, -0.05) is 33.2 Å². The van der Waals surface area contributed by atoms with E-state index < -0.39 is 0 Å². The molecule has 0 unspecified atom stereocenters. The first-order valence-corrected chi connectivity index (χ1v) is 5.57. The van der Waals surface area contributed by atoms with Gasteiger partial charge in [-0.05, 0) is 11.5 Å². The molecule has 0 radical (unpaired) electrons. The Morgan fingerprint density at radius 3 is 2.81 bits per heavy atom. The summed E-state index contributed by atoms with van der Waals surface area (Å²) in [5.74, 6) is 0. The summed E-state index contributed by atoms with van der Waals surface area (Å²) in [6.45, 7) is 0. The van der Waals surface area contributed by atoms with Gasteiger partial charge in [-0.2, -0.15) is 0 Å². The average molecular weight is 275 g/mol. The largest absolute Gasteiger partial charge is 0.364 e. The van der Waals surface area contributed by atoms with Crippen molar-refractivity contribution < 1.29 is 4.52 Å². The van der Waals surface area contributed by atoms with Gasteiger partial charge in [0.25, 0.3) is 0 Å². The first-order chi connectivity index (χ1) is 7.86. The molecule has 0 aliphatic carbocycles. The zero-order valence-electron chi connectivity index (χ0n) is 8.22. The maximum atomic E-state index is 4.86. The molecule has 0 atom stereocenters. The predicted octanol–water partition coefficient (Wildman–Crippen LogP) is 3.65. The second-order valence-corrected chi connectivity index (χ2v) is 4.29. The number of nitrogens with zero attached hydrogens (tertiary/aromatic N) is 2. The van der Waals surface area contributed by atoms with Crippen LogP contribution in [0.2, 0.25) is 0 Å². The minimum Gasteiger partial charge on any atom is -0.364 e. The lowest BCUT2D eigenvalue weighted by atomic mass is 10.0. The fourth-order valence-corrected chi connectivity index (χ4v) is 2.20. The van der Waals surface area contributed by atoms with E-state index in [0.29, 0.717) is 0 Å². The van der Waals surface area contributed by atoms with Crippen molar-refractivity contribution >= 4 is 26.7 Å². The number of hydrogen-bond acceptors (Lipinski definition) is 3. The lowest BCUT2D eigenvalue weighted by Gasteiger charge is -2.04. The van der Waals surface area contributed by atoms with E-state index in [4.69, 9.17) is 4.52 Å². The van der Waals surface area contributed by atoms with E-state index in [1.807, 2.05) is 24.5 Å². The van der Waals surface area contributed by atoms with Gasteiger partial charge in [0.15, 0.2) is 0 Å². The van der Waals surface area contributed by atoms with E-state index in [2.05, 4.69) is 32.1 Å². The highest BCUT2D eigenvalue weighted by Crippen LogP contribution is 2.31. The summed E-state index contributed by atoms with van der Waals surface area (Å²) < 4.78 is 5.90. The van der Waals surface area contributed by atoms with Gasteiger partial charge < -0.3 is 4.52 Å². The Kier molecular flexibility index (Phi) is 2.22. The van der Waals surface area contributed by atoms with Crippen LogP contribution in [0.5, 0.6) is 0 Å². The molecule has 78 valence electrons. The standard InChI is InChI=1S/C12H7BrN2O/c13-12-3-1-2-9-10(5-14-6-11(9)12)8-4-15-16-7-8/h1-7H. The molecule has 0 amide bonds. The molecule has 0 bridgehead atoms. The highest BCUT2D eigenvalue weighted by Gasteiger charge is 2.07. The average Bonchev–Trinajstić information content (AvgIpc) is 2.82. The third-order valence-corrected chi connectivity index (χ3v) is 3.19. The van der Waals surface area contributed by atoms with Gasteiger partial charge in [0.05, 0.1) is 6.20 Å².